The molecule has 0 heterocycles. The third-order valence-electron chi connectivity index (χ3n) is 2.58. The van der Waals surface area contributed by atoms with Crippen LogP contribution >= 0.6 is 0 Å². The first-order valence-corrected chi connectivity index (χ1v) is 5.54. The van der Waals surface area contributed by atoms with Crippen LogP contribution in [-0.2, 0) is 6.54 Å². The van der Waals surface area contributed by atoms with E-state index in [0.29, 0.717) is 6.54 Å². The van der Waals surface area contributed by atoms with Crippen molar-refractivity contribution < 1.29 is 14.2 Å². The summed E-state index contributed by atoms with van der Waals surface area (Å²) in [6.45, 7) is 0.506. The molecule has 0 radical (unpaired) electrons. The van der Waals surface area contributed by atoms with Gasteiger partial charge in [0.1, 0.15) is 5.75 Å². The van der Waals surface area contributed by atoms with E-state index in [-0.39, 0.29) is 17.3 Å². The summed E-state index contributed by atoms with van der Waals surface area (Å²) >= 11 is 0. The van der Waals surface area contributed by atoms with Gasteiger partial charge < -0.3 is 15.2 Å². The third kappa shape index (κ3) is 2.91. The summed E-state index contributed by atoms with van der Waals surface area (Å²) in [7, 11) is 1.44. The molecular formula is C14H14FNO2. The Hall–Kier alpha value is -2.23. The molecule has 0 aliphatic heterocycles. The van der Waals surface area contributed by atoms with Crippen LogP contribution in [0.3, 0.4) is 0 Å². The van der Waals surface area contributed by atoms with Crippen molar-refractivity contribution in [3.63, 3.8) is 0 Å². The van der Waals surface area contributed by atoms with Crippen molar-refractivity contribution in [3.8, 4) is 11.5 Å². The number of phenolic OH excluding ortho intramolecular Hbond substituents is 1. The normalized spacial score (nSPS) is 10.1. The monoisotopic (exact) mass is 247 g/mol. The van der Waals surface area contributed by atoms with E-state index in [4.69, 9.17) is 9.84 Å². The molecule has 2 aromatic rings. The fourth-order valence-corrected chi connectivity index (χ4v) is 1.60. The van der Waals surface area contributed by atoms with E-state index >= 15 is 0 Å². The van der Waals surface area contributed by atoms with Crippen molar-refractivity contribution >= 4 is 5.69 Å². The highest BCUT2D eigenvalue weighted by Crippen LogP contribution is 2.19. The Morgan fingerprint density at radius 1 is 1.17 bits per heavy atom. The van der Waals surface area contributed by atoms with Gasteiger partial charge in [-0.05, 0) is 42.0 Å². The van der Waals surface area contributed by atoms with E-state index in [1.807, 2.05) is 0 Å². The molecular weight excluding hydrogens is 233 g/mol. The van der Waals surface area contributed by atoms with Crippen molar-refractivity contribution in [1.29, 1.82) is 0 Å². The van der Waals surface area contributed by atoms with Gasteiger partial charge in [-0.1, -0.05) is 6.07 Å². The summed E-state index contributed by atoms with van der Waals surface area (Å²) in [6, 6.07) is 11.5. The van der Waals surface area contributed by atoms with Gasteiger partial charge in [0.2, 0.25) is 0 Å². The molecule has 0 spiro atoms. The van der Waals surface area contributed by atoms with E-state index in [2.05, 4.69) is 5.32 Å². The van der Waals surface area contributed by atoms with Crippen LogP contribution in [0.2, 0.25) is 0 Å². The minimum absolute atomic E-state index is 0.219. The predicted octanol–water partition coefficient (Wildman–Crippen LogP) is 3.15. The van der Waals surface area contributed by atoms with Gasteiger partial charge in [-0.25, -0.2) is 4.39 Å². The molecule has 2 rings (SSSR count). The Labute approximate surface area is 105 Å². The lowest BCUT2D eigenvalue weighted by Crippen LogP contribution is -2.00. The highest BCUT2D eigenvalue weighted by molar-refractivity contribution is 5.46. The van der Waals surface area contributed by atoms with Crippen LogP contribution in [0.15, 0.2) is 42.5 Å². The molecule has 0 saturated carbocycles. The Morgan fingerprint density at radius 2 is 1.89 bits per heavy atom. The minimum Gasteiger partial charge on any atom is -0.508 e. The lowest BCUT2D eigenvalue weighted by Gasteiger charge is -2.08. The van der Waals surface area contributed by atoms with Gasteiger partial charge in [0.05, 0.1) is 7.11 Å². The molecule has 0 bridgehead atoms. The SMILES string of the molecule is COc1ccc(CNc2ccc(O)cc2)cc1F. The molecule has 4 heteroatoms. The van der Waals surface area contributed by atoms with Crippen molar-refractivity contribution in [3.05, 3.63) is 53.8 Å². The molecule has 94 valence electrons. The molecule has 0 unspecified atom stereocenters. The zero-order valence-electron chi connectivity index (χ0n) is 9.98. The van der Waals surface area contributed by atoms with Gasteiger partial charge in [0.15, 0.2) is 11.6 Å². The number of halogens is 1. The molecule has 0 saturated heterocycles. The number of hydrogen-bond donors (Lipinski definition) is 2. The molecule has 0 aliphatic carbocycles. The smallest absolute Gasteiger partial charge is 0.165 e. The fourth-order valence-electron chi connectivity index (χ4n) is 1.60. The Bertz CT molecular complexity index is 526. The lowest BCUT2D eigenvalue weighted by molar-refractivity contribution is 0.386. The Balaban J connectivity index is 2.02. The molecule has 0 amide bonds. The number of methoxy groups -OCH3 is 1. The van der Waals surface area contributed by atoms with Crippen LogP contribution in [0.1, 0.15) is 5.56 Å². The maximum atomic E-state index is 13.4. The summed E-state index contributed by atoms with van der Waals surface area (Å²) in [5.74, 6) is 0.0851. The van der Waals surface area contributed by atoms with Crippen LogP contribution in [0.25, 0.3) is 0 Å². The maximum Gasteiger partial charge on any atom is 0.165 e. The zero-order chi connectivity index (χ0) is 13.0. The van der Waals surface area contributed by atoms with Gasteiger partial charge in [0.25, 0.3) is 0 Å². The lowest BCUT2D eigenvalue weighted by atomic mass is 10.2. The summed E-state index contributed by atoms with van der Waals surface area (Å²) in [5.41, 5.74) is 1.69. The van der Waals surface area contributed by atoms with Gasteiger partial charge in [-0.3, -0.25) is 0 Å². The predicted molar refractivity (Wildman–Crippen MR) is 68.4 cm³/mol. The fraction of sp³-hybridized carbons (Fsp3) is 0.143. The Morgan fingerprint density at radius 3 is 2.50 bits per heavy atom. The second-order valence-electron chi connectivity index (χ2n) is 3.87. The minimum atomic E-state index is -0.373. The van der Waals surface area contributed by atoms with Crippen molar-refractivity contribution in [2.75, 3.05) is 12.4 Å². The van der Waals surface area contributed by atoms with Gasteiger partial charge in [-0.15, -0.1) is 0 Å². The largest absolute Gasteiger partial charge is 0.508 e. The highest BCUT2D eigenvalue weighted by atomic mass is 19.1. The third-order valence-corrected chi connectivity index (χ3v) is 2.58. The van der Waals surface area contributed by atoms with E-state index in [1.54, 1.807) is 36.4 Å². The molecule has 3 nitrogen and oxygen atoms in total. The van der Waals surface area contributed by atoms with Crippen LogP contribution in [0.5, 0.6) is 11.5 Å². The average Bonchev–Trinajstić information content (AvgIpc) is 2.38. The number of ether oxygens (including phenoxy) is 1. The van der Waals surface area contributed by atoms with Gasteiger partial charge >= 0.3 is 0 Å². The maximum absolute atomic E-state index is 13.4. The number of benzene rings is 2. The number of phenols is 1. The summed E-state index contributed by atoms with van der Waals surface area (Å²) < 4.78 is 18.3. The van der Waals surface area contributed by atoms with Gasteiger partial charge in [-0.2, -0.15) is 0 Å². The second-order valence-corrected chi connectivity index (χ2v) is 3.87. The molecule has 2 N–H and O–H groups in total. The Kier molecular flexibility index (Phi) is 3.67. The van der Waals surface area contributed by atoms with Crippen molar-refractivity contribution in [1.82, 2.24) is 0 Å². The molecule has 0 atom stereocenters. The van der Waals surface area contributed by atoms with E-state index < -0.39 is 0 Å². The number of rotatable bonds is 4. The topological polar surface area (TPSA) is 41.5 Å². The van der Waals surface area contributed by atoms with Crippen molar-refractivity contribution in [2.24, 2.45) is 0 Å². The quantitative estimate of drug-likeness (QED) is 0.815. The molecule has 0 aromatic heterocycles. The van der Waals surface area contributed by atoms with Crippen LogP contribution in [0.4, 0.5) is 10.1 Å². The number of aromatic hydroxyl groups is 1. The number of anilines is 1. The first-order valence-electron chi connectivity index (χ1n) is 5.54. The first kappa shape index (κ1) is 12.2. The average molecular weight is 247 g/mol. The van der Waals surface area contributed by atoms with E-state index in [9.17, 15) is 4.39 Å². The van der Waals surface area contributed by atoms with Crippen LogP contribution in [-0.4, -0.2) is 12.2 Å². The molecule has 0 aliphatic rings. The second kappa shape index (κ2) is 5.40. The summed E-state index contributed by atoms with van der Waals surface area (Å²) in [5, 5.41) is 12.3. The zero-order valence-corrected chi connectivity index (χ0v) is 9.98. The molecule has 0 fully saturated rings. The summed E-state index contributed by atoms with van der Waals surface area (Å²) in [4.78, 5) is 0. The van der Waals surface area contributed by atoms with Gasteiger partial charge in [0, 0.05) is 12.2 Å². The molecule has 18 heavy (non-hydrogen) atoms. The number of hydrogen-bond acceptors (Lipinski definition) is 3. The number of nitrogens with one attached hydrogen (secondary N) is 1. The van der Waals surface area contributed by atoms with Crippen molar-refractivity contribution in [2.45, 2.75) is 6.54 Å². The van der Waals surface area contributed by atoms with E-state index in [0.717, 1.165) is 11.3 Å². The van der Waals surface area contributed by atoms with Crippen LogP contribution in [0, 0.1) is 5.82 Å². The first-order chi connectivity index (χ1) is 8.69. The van der Waals surface area contributed by atoms with E-state index in [1.165, 1.54) is 13.2 Å². The molecule has 2 aromatic carbocycles. The standard InChI is InChI=1S/C14H14FNO2/c1-18-14-7-2-10(8-13(14)15)9-16-11-3-5-12(17)6-4-11/h2-8,16-17H,9H2,1H3. The van der Waals surface area contributed by atoms with Crippen LogP contribution < -0.4 is 10.1 Å². The highest BCUT2D eigenvalue weighted by Gasteiger charge is 2.03. The summed E-state index contributed by atoms with van der Waals surface area (Å²) in [6.07, 6.45) is 0.